The summed E-state index contributed by atoms with van der Waals surface area (Å²) in [6, 6.07) is 0. The SMILES string of the molecule is CC(C)(C)N=NN. The Balaban J connectivity index is 3.56. The molecule has 42 valence electrons. The molecule has 0 aliphatic rings. The molecule has 0 saturated heterocycles. The van der Waals surface area contributed by atoms with Crippen molar-refractivity contribution in [3.8, 4) is 0 Å². The first kappa shape index (κ1) is 6.40. The Bertz CT molecular complexity index is 69.5. The summed E-state index contributed by atoms with van der Waals surface area (Å²) in [5.74, 6) is 4.77. The van der Waals surface area contributed by atoms with Crippen LogP contribution in [0.15, 0.2) is 10.3 Å². The third-order valence-corrected chi connectivity index (χ3v) is 0.358. The molecule has 7 heavy (non-hydrogen) atoms. The third kappa shape index (κ3) is 5.40. The summed E-state index contributed by atoms with van der Waals surface area (Å²) in [6.07, 6.45) is 0. The van der Waals surface area contributed by atoms with Crippen molar-refractivity contribution in [3.05, 3.63) is 0 Å². The average molecular weight is 101 g/mol. The molecule has 0 heterocycles. The summed E-state index contributed by atoms with van der Waals surface area (Å²) in [7, 11) is 0. The van der Waals surface area contributed by atoms with Gasteiger partial charge in [-0.1, -0.05) is 5.22 Å². The van der Waals surface area contributed by atoms with Crippen LogP contribution in [-0.4, -0.2) is 5.54 Å². The second-order valence-electron chi connectivity index (χ2n) is 2.39. The van der Waals surface area contributed by atoms with E-state index in [1.807, 2.05) is 20.8 Å². The molecule has 0 aliphatic carbocycles. The first-order valence-corrected chi connectivity index (χ1v) is 2.18. The first-order chi connectivity index (χ1) is 3.06. The van der Waals surface area contributed by atoms with Crippen LogP contribution < -0.4 is 5.84 Å². The molecule has 3 nitrogen and oxygen atoms in total. The van der Waals surface area contributed by atoms with E-state index < -0.39 is 0 Å². The van der Waals surface area contributed by atoms with E-state index in [0.29, 0.717) is 0 Å². The maximum Gasteiger partial charge on any atom is 0.0753 e. The Morgan fingerprint density at radius 2 is 1.71 bits per heavy atom. The molecule has 3 heteroatoms. The Morgan fingerprint density at radius 1 is 1.29 bits per heavy atom. The van der Waals surface area contributed by atoms with Crippen LogP contribution in [0.2, 0.25) is 0 Å². The predicted octanol–water partition coefficient (Wildman–Crippen LogP) is 1.11. The van der Waals surface area contributed by atoms with Crippen LogP contribution in [-0.2, 0) is 0 Å². The van der Waals surface area contributed by atoms with Gasteiger partial charge in [0.05, 0.1) is 5.54 Å². The summed E-state index contributed by atoms with van der Waals surface area (Å²) < 4.78 is 0. The van der Waals surface area contributed by atoms with Crippen molar-refractivity contribution < 1.29 is 0 Å². The van der Waals surface area contributed by atoms with Gasteiger partial charge in [0.15, 0.2) is 0 Å². The van der Waals surface area contributed by atoms with Gasteiger partial charge in [0, 0.05) is 0 Å². The molecule has 0 fully saturated rings. The molecule has 0 radical (unpaired) electrons. The molecule has 2 N–H and O–H groups in total. The van der Waals surface area contributed by atoms with Crippen LogP contribution in [0.25, 0.3) is 0 Å². The summed E-state index contributed by atoms with van der Waals surface area (Å²) in [5.41, 5.74) is -0.116. The molecule has 0 aromatic rings. The Labute approximate surface area is 43.6 Å². The minimum atomic E-state index is -0.116. The maximum atomic E-state index is 4.77. The summed E-state index contributed by atoms with van der Waals surface area (Å²) in [6.45, 7) is 5.80. The molecular formula is C4H11N3. The molecule has 0 aromatic carbocycles. The van der Waals surface area contributed by atoms with Gasteiger partial charge in [0.25, 0.3) is 0 Å². The summed E-state index contributed by atoms with van der Waals surface area (Å²) in [4.78, 5) is 0. The van der Waals surface area contributed by atoms with Crippen molar-refractivity contribution in [1.82, 2.24) is 0 Å². The number of hydrogen-bond donors (Lipinski definition) is 1. The Hall–Kier alpha value is -0.600. The lowest BCUT2D eigenvalue weighted by Crippen LogP contribution is -2.08. The molecule has 0 bridgehead atoms. The molecule has 0 saturated carbocycles. The minimum Gasteiger partial charge on any atom is -0.305 e. The number of nitrogens with two attached hydrogens (primary N) is 1. The maximum absolute atomic E-state index is 4.77. The van der Waals surface area contributed by atoms with Crippen LogP contribution >= 0.6 is 0 Å². The zero-order valence-electron chi connectivity index (χ0n) is 4.97. The Morgan fingerprint density at radius 3 is 1.71 bits per heavy atom. The highest BCUT2D eigenvalue weighted by atomic mass is 15.3. The van der Waals surface area contributed by atoms with Crippen molar-refractivity contribution >= 4 is 0 Å². The van der Waals surface area contributed by atoms with E-state index in [4.69, 9.17) is 5.84 Å². The number of hydrogen-bond acceptors (Lipinski definition) is 2. The standard InChI is InChI=1S/C4H11N3/c1-4(2,3)6-7-5/h1-3H3,(H2,5,6). The fourth-order valence-electron chi connectivity index (χ4n) is 0.173. The normalized spacial score (nSPS) is 13.0. The second-order valence-corrected chi connectivity index (χ2v) is 2.39. The third-order valence-electron chi connectivity index (χ3n) is 0.358. The van der Waals surface area contributed by atoms with Gasteiger partial charge in [-0.05, 0) is 20.8 Å². The predicted molar refractivity (Wildman–Crippen MR) is 28.8 cm³/mol. The van der Waals surface area contributed by atoms with Gasteiger partial charge in [-0.25, -0.2) is 0 Å². The van der Waals surface area contributed by atoms with Gasteiger partial charge in [0.1, 0.15) is 0 Å². The zero-order valence-corrected chi connectivity index (χ0v) is 4.97. The quantitative estimate of drug-likeness (QED) is 0.277. The van der Waals surface area contributed by atoms with Gasteiger partial charge < -0.3 is 5.84 Å². The van der Waals surface area contributed by atoms with Crippen molar-refractivity contribution in [2.75, 3.05) is 0 Å². The lowest BCUT2D eigenvalue weighted by molar-refractivity contribution is 0.541. The van der Waals surface area contributed by atoms with Gasteiger partial charge >= 0.3 is 0 Å². The van der Waals surface area contributed by atoms with Crippen LogP contribution in [0.3, 0.4) is 0 Å². The number of nitrogens with zero attached hydrogens (tertiary/aromatic N) is 2. The van der Waals surface area contributed by atoms with Gasteiger partial charge in [-0.3, -0.25) is 0 Å². The van der Waals surface area contributed by atoms with Crippen molar-refractivity contribution in [1.29, 1.82) is 0 Å². The number of rotatable bonds is 0. The monoisotopic (exact) mass is 101 g/mol. The summed E-state index contributed by atoms with van der Waals surface area (Å²) in [5, 5.41) is 6.79. The average Bonchev–Trinajstić information content (AvgIpc) is 1.30. The zero-order chi connectivity index (χ0) is 5.91. The highest BCUT2D eigenvalue weighted by molar-refractivity contribution is 4.65. The largest absolute Gasteiger partial charge is 0.305 e. The highest BCUT2D eigenvalue weighted by Gasteiger charge is 2.04. The molecular weight excluding hydrogens is 90.1 g/mol. The smallest absolute Gasteiger partial charge is 0.0753 e. The molecule has 0 aromatic heterocycles. The lowest BCUT2D eigenvalue weighted by Gasteiger charge is -2.06. The molecule has 0 rings (SSSR count). The Kier molecular flexibility index (Phi) is 1.75. The fraction of sp³-hybridized carbons (Fsp3) is 1.00. The molecule has 0 amide bonds. The van der Waals surface area contributed by atoms with Gasteiger partial charge in [-0.15, -0.1) is 0 Å². The van der Waals surface area contributed by atoms with E-state index in [0.717, 1.165) is 0 Å². The van der Waals surface area contributed by atoms with Gasteiger partial charge in [-0.2, -0.15) is 5.11 Å². The second kappa shape index (κ2) is 1.91. The lowest BCUT2D eigenvalue weighted by atomic mass is 10.1. The van der Waals surface area contributed by atoms with Gasteiger partial charge in [0.2, 0.25) is 0 Å². The van der Waals surface area contributed by atoms with E-state index in [2.05, 4.69) is 10.3 Å². The van der Waals surface area contributed by atoms with Crippen molar-refractivity contribution in [2.45, 2.75) is 26.3 Å². The van der Waals surface area contributed by atoms with Crippen LogP contribution in [0.5, 0.6) is 0 Å². The van der Waals surface area contributed by atoms with Crippen LogP contribution in [0.4, 0.5) is 0 Å². The molecule has 0 atom stereocenters. The van der Waals surface area contributed by atoms with E-state index in [-0.39, 0.29) is 5.54 Å². The van der Waals surface area contributed by atoms with Crippen molar-refractivity contribution in [3.63, 3.8) is 0 Å². The van der Waals surface area contributed by atoms with E-state index >= 15 is 0 Å². The molecule has 0 unspecified atom stereocenters. The van der Waals surface area contributed by atoms with Crippen LogP contribution in [0, 0.1) is 0 Å². The fourth-order valence-corrected chi connectivity index (χ4v) is 0.173. The van der Waals surface area contributed by atoms with Crippen LogP contribution in [0.1, 0.15) is 20.8 Å². The molecule has 0 spiro atoms. The van der Waals surface area contributed by atoms with E-state index in [1.54, 1.807) is 0 Å². The topological polar surface area (TPSA) is 50.7 Å². The summed E-state index contributed by atoms with van der Waals surface area (Å²) >= 11 is 0. The highest BCUT2D eigenvalue weighted by Crippen LogP contribution is 2.04. The van der Waals surface area contributed by atoms with E-state index in [9.17, 15) is 0 Å². The minimum absolute atomic E-state index is 0.116. The van der Waals surface area contributed by atoms with E-state index in [1.165, 1.54) is 0 Å². The molecule has 0 aliphatic heterocycles. The first-order valence-electron chi connectivity index (χ1n) is 2.18. The van der Waals surface area contributed by atoms with Crippen molar-refractivity contribution in [2.24, 2.45) is 16.2 Å².